The van der Waals surface area contributed by atoms with Gasteiger partial charge in [-0.2, -0.15) is 0 Å². The molecule has 1 aliphatic rings. The Kier molecular flexibility index (Phi) is 4.19. The Hall–Kier alpha value is -0.720. The topological polar surface area (TPSA) is 58.3 Å². The lowest BCUT2D eigenvalue weighted by Gasteiger charge is -2.44. The van der Waals surface area contributed by atoms with Crippen molar-refractivity contribution in [1.82, 2.24) is 14.9 Å². The number of hydrogen-bond donors (Lipinski definition) is 1. The summed E-state index contributed by atoms with van der Waals surface area (Å²) in [4.78, 5) is 13.1. The minimum atomic E-state index is 0.0784. The van der Waals surface area contributed by atoms with Gasteiger partial charge in [-0.05, 0) is 29.8 Å². The van der Waals surface area contributed by atoms with E-state index in [1.165, 1.54) is 0 Å². The molecule has 0 aliphatic carbocycles. The van der Waals surface area contributed by atoms with E-state index in [0.717, 1.165) is 36.5 Å². The Bertz CT molecular complexity index is 401. The van der Waals surface area contributed by atoms with Crippen LogP contribution in [0.5, 0.6) is 0 Å². The first-order valence-corrected chi connectivity index (χ1v) is 6.99. The Morgan fingerprint density at radius 1 is 1.33 bits per heavy atom. The second kappa shape index (κ2) is 5.50. The molecule has 0 amide bonds. The van der Waals surface area contributed by atoms with Crippen molar-refractivity contribution in [2.45, 2.75) is 19.4 Å². The van der Waals surface area contributed by atoms with Gasteiger partial charge in [0.2, 0.25) is 0 Å². The first kappa shape index (κ1) is 13.7. The van der Waals surface area contributed by atoms with Crippen LogP contribution in [-0.4, -0.2) is 53.1 Å². The van der Waals surface area contributed by atoms with Crippen molar-refractivity contribution >= 4 is 21.7 Å². The van der Waals surface area contributed by atoms with E-state index in [9.17, 15) is 0 Å². The summed E-state index contributed by atoms with van der Waals surface area (Å²) in [6, 6.07) is 0. The van der Waals surface area contributed by atoms with E-state index in [2.05, 4.69) is 49.5 Å². The molecule has 0 atom stereocenters. The molecule has 18 heavy (non-hydrogen) atoms. The largest absolute Gasteiger partial charge is 0.353 e. The monoisotopic (exact) mass is 313 g/mol. The highest BCUT2D eigenvalue weighted by molar-refractivity contribution is 9.10. The number of nitrogens with two attached hydrogens (primary N) is 1. The van der Waals surface area contributed by atoms with Crippen molar-refractivity contribution in [2.75, 3.05) is 37.6 Å². The maximum atomic E-state index is 5.82. The molecule has 1 fully saturated rings. The highest BCUT2D eigenvalue weighted by atomic mass is 79.9. The van der Waals surface area contributed by atoms with Gasteiger partial charge < -0.3 is 10.6 Å². The third kappa shape index (κ3) is 2.81. The Morgan fingerprint density at radius 3 is 2.56 bits per heavy atom. The highest BCUT2D eigenvalue weighted by Crippen LogP contribution is 2.24. The van der Waals surface area contributed by atoms with Crippen LogP contribution in [-0.2, 0) is 0 Å². The smallest absolute Gasteiger partial charge is 0.146 e. The average Bonchev–Trinajstić information content (AvgIpc) is 2.39. The normalized spacial score (nSPS) is 18.1. The molecule has 1 saturated heterocycles. The molecule has 6 heteroatoms. The highest BCUT2D eigenvalue weighted by Gasteiger charge is 2.29. The van der Waals surface area contributed by atoms with E-state index in [-0.39, 0.29) is 5.54 Å². The van der Waals surface area contributed by atoms with Crippen LogP contribution in [0.3, 0.4) is 0 Å². The molecule has 5 nitrogen and oxygen atoms in total. The minimum absolute atomic E-state index is 0.0784. The van der Waals surface area contributed by atoms with E-state index in [0.29, 0.717) is 6.54 Å². The van der Waals surface area contributed by atoms with Crippen LogP contribution in [0.15, 0.2) is 17.0 Å². The lowest BCUT2D eigenvalue weighted by Crippen LogP contribution is -2.57. The zero-order valence-corrected chi connectivity index (χ0v) is 12.5. The van der Waals surface area contributed by atoms with Gasteiger partial charge in [0.25, 0.3) is 0 Å². The Labute approximate surface area is 117 Å². The van der Waals surface area contributed by atoms with Crippen LogP contribution in [0.4, 0.5) is 5.82 Å². The predicted octanol–water partition coefficient (Wildman–Crippen LogP) is 1.10. The van der Waals surface area contributed by atoms with Crippen molar-refractivity contribution < 1.29 is 0 Å². The molecule has 1 aliphatic heterocycles. The number of hydrogen-bond acceptors (Lipinski definition) is 5. The molecule has 2 heterocycles. The van der Waals surface area contributed by atoms with E-state index in [1.807, 2.05) is 0 Å². The predicted molar refractivity (Wildman–Crippen MR) is 76.7 cm³/mol. The molecule has 0 saturated carbocycles. The number of halogens is 1. The fraction of sp³-hybridized carbons (Fsp3) is 0.667. The lowest BCUT2D eigenvalue weighted by molar-refractivity contribution is 0.119. The molecule has 1 aromatic rings. The summed E-state index contributed by atoms with van der Waals surface area (Å²) in [6.07, 6.45) is 3.38. The second-order valence-electron chi connectivity index (χ2n) is 5.18. The van der Waals surface area contributed by atoms with E-state index < -0.39 is 0 Å². The van der Waals surface area contributed by atoms with Crippen LogP contribution in [0.1, 0.15) is 13.8 Å². The molecule has 0 aromatic carbocycles. The summed E-state index contributed by atoms with van der Waals surface area (Å²) in [5.41, 5.74) is 5.90. The Morgan fingerprint density at radius 2 is 2.00 bits per heavy atom. The van der Waals surface area contributed by atoms with E-state index in [4.69, 9.17) is 5.73 Å². The van der Waals surface area contributed by atoms with Crippen molar-refractivity contribution in [3.05, 3.63) is 17.0 Å². The third-order valence-corrected chi connectivity index (χ3v) is 4.14. The number of nitrogens with zero attached hydrogens (tertiary/aromatic N) is 4. The molecular weight excluding hydrogens is 294 g/mol. The number of piperazine rings is 1. The molecule has 0 bridgehead atoms. The minimum Gasteiger partial charge on any atom is -0.353 e. The zero-order valence-electron chi connectivity index (χ0n) is 10.9. The molecule has 2 N–H and O–H groups in total. The summed E-state index contributed by atoms with van der Waals surface area (Å²) in [5, 5.41) is 0. The first-order chi connectivity index (χ1) is 8.54. The summed E-state index contributed by atoms with van der Waals surface area (Å²) >= 11 is 3.50. The van der Waals surface area contributed by atoms with Crippen molar-refractivity contribution in [1.29, 1.82) is 0 Å². The second-order valence-corrected chi connectivity index (χ2v) is 6.04. The third-order valence-electron chi connectivity index (χ3n) is 3.58. The zero-order chi connectivity index (χ0) is 13.2. The quantitative estimate of drug-likeness (QED) is 0.905. The fourth-order valence-electron chi connectivity index (χ4n) is 2.19. The maximum absolute atomic E-state index is 5.82. The number of anilines is 1. The van der Waals surface area contributed by atoms with Crippen molar-refractivity contribution in [2.24, 2.45) is 5.73 Å². The van der Waals surface area contributed by atoms with Gasteiger partial charge in [-0.25, -0.2) is 9.97 Å². The maximum Gasteiger partial charge on any atom is 0.146 e. The van der Waals surface area contributed by atoms with Crippen molar-refractivity contribution in [3.8, 4) is 0 Å². The van der Waals surface area contributed by atoms with Crippen LogP contribution in [0.25, 0.3) is 0 Å². The Balaban J connectivity index is 2.01. The summed E-state index contributed by atoms with van der Waals surface area (Å²) < 4.78 is 0.955. The van der Waals surface area contributed by atoms with Gasteiger partial charge in [0, 0.05) is 44.5 Å². The van der Waals surface area contributed by atoms with Crippen LogP contribution in [0, 0.1) is 0 Å². The van der Waals surface area contributed by atoms with Gasteiger partial charge >= 0.3 is 0 Å². The summed E-state index contributed by atoms with van der Waals surface area (Å²) in [7, 11) is 0. The van der Waals surface area contributed by atoms with Crippen LogP contribution in [0.2, 0.25) is 0 Å². The van der Waals surface area contributed by atoms with Crippen LogP contribution < -0.4 is 10.6 Å². The van der Waals surface area contributed by atoms with E-state index in [1.54, 1.807) is 12.5 Å². The van der Waals surface area contributed by atoms with Gasteiger partial charge in [-0.1, -0.05) is 0 Å². The SMILES string of the molecule is CC(C)(CN)N1CCN(c2ncncc2Br)CC1. The van der Waals surface area contributed by atoms with Gasteiger partial charge in [0.1, 0.15) is 12.1 Å². The average molecular weight is 314 g/mol. The fourth-order valence-corrected chi connectivity index (χ4v) is 2.66. The molecule has 100 valence electrons. The molecular formula is C12H20BrN5. The van der Waals surface area contributed by atoms with Gasteiger partial charge in [-0.15, -0.1) is 0 Å². The summed E-state index contributed by atoms with van der Waals surface area (Å²) in [5.74, 6) is 0.982. The summed E-state index contributed by atoms with van der Waals surface area (Å²) in [6.45, 7) is 9.05. The van der Waals surface area contributed by atoms with E-state index >= 15 is 0 Å². The standard InChI is InChI=1S/C12H20BrN5/c1-12(2,8-14)18-5-3-17(4-6-18)11-10(13)7-15-9-16-11/h7,9H,3-6,8,14H2,1-2H3. The first-order valence-electron chi connectivity index (χ1n) is 6.20. The van der Waals surface area contributed by atoms with Gasteiger partial charge in [0.05, 0.1) is 4.47 Å². The molecule has 0 spiro atoms. The molecule has 1 aromatic heterocycles. The van der Waals surface area contributed by atoms with Crippen molar-refractivity contribution in [3.63, 3.8) is 0 Å². The lowest BCUT2D eigenvalue weighted by atomic mass is 10.0. The van der Waals surface area contributed by atoms with Crippen LogP contribution >= 0.6 is 15.9 Å². The van der Waals surface area contributed by atoms with Gasteiger partial charge in [0.15, 0.2) is 0 Å². The van der Waals surface area contributed by atoms with Gasteiger partial charge in [-0.3, -0.25) is 4.90 Å². The number of aromatic nitrogens is 2. The molecule has 2 rings (SSSR count). The molecule has 0 radical (unpaired) electrons. The molecule has 0 unspecified atom stereocenters. The number of rotatable bonds is 3.